The third-order valence-corrected chi connectivity index (χ3v) is 3.32. The van der Waals surface area contributed by atoms with Crippen LogP contribution in [0.3, 0.4) is 0 Å². The van der Waals surface area contributed by atoms with Crippen LogP contribution in [-0.4, -0.2) is 5.75 Å². The molecule has 0 fully saturated rings. The first kappa shape index (κ1) is 8.11. The van der Waals surface area contributed by atoms with Crippen molar-refractivity contribution in [2.45, 2.75) is 24.2 Å². The molecule has 0 atom stereocenters. The maximum Gasteiger partial charge on any atom is 0.123 e. The van der Waals surface area contributed by atoms with Gasteiger partial charge in [0.2, 0.25) is 0 Å². The fraction of sp³-hybridized carbons (Fsp3) is 0.400. The van der Waals surface area contributed by atoms with Gasteiger partial charge in [0.1, 0.15) is 5.82 Å². The molecule has 0 saturated carbocycles. The van der Waals surface area contributed by atoms with Gasteiger partial charge in [0.15, 0.2) is 0 Å². The van der Waals surface area contributed by atoms with E-state index in [0.29, 0.717) is 0 Å². The highest BCUT2D eigenvalue weighted by Gasteiger charge is 2.08. The summed E-state index contributed by atoms with van der Waals surface area (Å²) in [5.41, 5.74) is 1.19. The highest BCUT2D eigenvalue weighted by atomic mass is 32.2. The van der Waals surface area contributed by atoms with Crippen LogP contribution in [0.4, 0.5) is 4.39 Å². The molecule has 0 unspecified atom stereocenters. The largest absolute Gasteiger partial charge is 0.207 e. The van der Waals surface area contributed by atoms with Gasteiger partial charge in [-0.2, -0.15) is 0 Å². The number of aryl methyl sites for hydroxylation is 1. The fourth-order valence-electron chi connectivity index (χ4n) is 1.48. The smallest absolute Gasteiger partial charge is 0.123 e. The minimum absolute atomic E-state index is 0.101. The summed E-state index contributed by atoms with van der Waals surface area (Å²) in [5, 5.41) is 0. The summed E-state index contributed by atoms with van der Waals surface area (Å²) in [6.07, 6.45) is 3.49. The summed E-state index contributed by atoms with van der Waals surface area (Å²) >= 11 is 1.85. The predicted molar refractivity (Wildman–Crippen MR) is 50.1 cm³/mol. The fourth-order valence-corrected chi connectivity index (χ4v) is 2.56. The minimum atomic E-state index is -0.101. The Labute approximate surface area is 76.2 Å². The molecule has 0 nitrogen and oxygen atoms in total. The van der Waals surface area contributed by atoms with Crippen molar-refractivity contribution in [1.82, 2.24) is 0 Å². The molecule has 1 aromatic rings. The maximum atomic E-state index is 12.8. The van der Waals surface area contributed by atoms with Gasteiger partial charge in [-0.1, -0.05) is 0 Å². The van der Waals surface area contributed by atoms with E-state index < -0.39 is 0 Å². The lowest BCUT2D eigenvalue weighted by Crippen LogP contribution is -1.86. The Kier molecular flexibility index (Phi) is 2.35. The molecular weight excluding hydrogens is 171 g/mol. The summed E-state index contributed by atoms with van der Waals surface area (Å²) in [6, 6.07) is 5.13. The Morgan fingerprint density at radius 2 is 2.17 bits per heavy atom. The topological polar surface area (TPSA) is 0 Å². The molecule has 0 radical (unpaired) electrons. The Morgan fingerprint density at radius 3 is 3.08 bits per heavy atom. The van der Waals surface area contributed by atoms with E-state index in [4.69, 9.17) is 0 Å². The Morgan fingerprint density at radius 1 is 1.25 bits per heavy atom. The minimum Gasteiger partial charge on any atom is -0.207 e. The summed E-state index contributed by atoms with van der Waals surface area (Å²) < 4.78 is 12.8. The molecule has 2 rings (SSSR count). The highest BCUT2D eigenvalue weighted by Crippen LogP contribution is 2.29. The van der Waals surface area contributed by atoms with Crippen molar-refractivity contribution < 1.29 is 4.39 Å². The molecule has 1 aliphatic heterocycles. The summed E-state index contributed by atoms with van der Waals surface area (Å²) in [7, 11) is 0. The molecule has 0 N–H and O–H groups in total. The first-order valence-corrected chi connectivity index (χ1v) is 5.26. The molecular formula is C10H11FS. The number of rotatable bonds is 0. The van der Waals surface area contributed by atoms with Crippen LogP contribution in [-0.2, 0) is 6.42 Å². The Balaban J connectivity index is 2.36. The summed E-state index contributed by atoms with van der Waals surface area (Å²) in [4.78, 5) is 1.27. The molecule has 0 saturated heterocycles. The molecule has 2 heteroatoms. The summed E-state index contributed by atoms with van der Waals surface area (Å²) in [6.45, 7) is 0. The van der Waals surface area contributed by atoms with Crippen molar-refractivity contribution in [3.63, 3.8) is 0 Å². The van der Waals surface area contributed by atoms with Crippen LogP contribution in [0.2, 0.25) is 0 Å². The first-order valence-electron chi connectivity index (χ1n) is 4.27. The van der Waals surface area contributed by atoms with Gasteiger partial charge in [-0.05, 0) is 48.8 Å². The molecule has 0 aromatic heterocycles. The molecule has 1 aromatic carbocycles. The van der Waals surface area contributed by atoms with E-state index >= 15 is 0 Å². The van der Waals surface area contributed by atoms with Gasteiger partial charge in [0, 0.05) is 4.90 Å². The van der Waals surface area contributed by atoms with Crippen molar-refractivity contribution in [3.8, 4) is 0 Å². The summed E-state index contributed by atoms with van der Waals surface area (Å²) in [5.74, 6) is 1.08. The van der Waals surface area contributed by atoms with Crippen LogP contribution in [0.15, 0.2) is 23.1 Å². The zero-order valence-corrected chi connectivity index (χ0v) is 7.66. The number of thioether (sulfide) groups is 1. The molecule has 64 valence electrons. The van der Waals surface area contributed by atoms with Crippen molar-refractivity contribution in [3.05, 3.63) is 29.6 Å². The monoisotopic (exact) mass is 182 g/mol. The van der Waals surface area contributed by atoms with Crippen LogP contribution in [0.1, 0.15) is 18.4 Å². The zero-order valence-electron chi connectivity index (χ0n) is 6.85. The molecule has 1 aliphatic rings. The quantitative estimate of drug-likeness (QED) is 0.593. The number of fused-ring (bicyclic) bond motifs is 1. The predicted octanol–water partition coefficient (Wildman–Crippen LogP) is 3.25. The average molecular weight is 182 g/mol. The van der Waals surface area contributed by atoms with Gasteiger partial charge in [0.05, 0.1) is 0 Å². The van der Waals surface area contributed by atoms with E-state index in [-0.39, 0.29) is 5.82 Å². The van der Waals surface area contributed by atoms with Gasteiger partial charge in [0.25, 0.3) is 0 Å². The normalized spacial score (nSPS) is 16.8. The number of benzene rings is 1. The molecule has 12 heavy (non-hydrogen) atoms. The third-order valence-electron chi connectivity index (χ3n) is 2.12. The third kappa shape index (κ3) is 1.63. The van der Waals surface area contributed by atoms with Crippen molar-refractivity contribution in [2.24, 2.45) is 0 Å². The van der Waals surface area contributed by atoms with E-state index in [1.807, 2.05) is 17.8 Å². The molecule has 0 amide bonds. The SMILES string of the molecule is Fc1ccc2c(c1)CCCCS2. The van der Waals surface area contributed by atoms with Crippen molar-refractivity contribution in [1.29, 1.82) is 0 Å². The van der Waals surface area contributed by atoms with Crippen LogP contribution < -0.4 is 0 Å². The average Bonchev–Trinajstić information content (AvgIpc) is 2.28. The van der Waals surface area contributed by atoms with Crippen LogP contribution >= 0.6 is 11.8 Å². The van der Waals surface area contributed by atoms with Gasteiger partial charge in [-0.15, -0.1) is 11.8 Å². The Hall–Kier alpha value is -0.500. The van der Waals surface area contributed by atoms with Crippen molar-refractivity contribution >= 4 is 11.8 Å². The number of hydrogen-bond donors (Lipinski definition) is 0. The van der Waals surface area contributed by atoms with E-state index in [0.717, 1.165) is 6.42 Å². The van der Waals surface area contributed by atoms with E-state index in [1.54, 1.807) is 12.1 Å². The Bertz CT molecular complexity index is 283. The van der Waals surface area contributed by atoms with Gasteiger partial charge >= 0.3 is 0 Å². The van der Waals surface area contributed by atoms with Crippen molar-refractivity contribution in [2.75, 3.05) is 5.75 Å². The van der Waals surface area contributed by atoms with E-state index in [1.165, 1.54) is 29.1 Å². The van der Waals surface area contributed by atoms with E-state index in [9.17, 15) is 4.39 Å². The second-order valence-corrected chi connectivity index (χ2v) is 4.19. The van der Waals surface area contributed by atoms with Gasteiger partial charge in [-0.25, -0.2) is 4.39 Å². The highest BCUT2D eigenvalue weighted by molar-refractivity contribution is 7.99. The lowest BCUT2D eigenvalue weighted by atomic mass is 10.1. The lowest BCUT2D eigenvalue weighted by molar-refractivity contribution is 0.622. The van der Waals surface area contributed by atoms with Crippen LogP contribution in [0.5, 0.6) is 0 Å². The second kappa shape index (κ2) is 3.48. The van der Waals surface area contributed by atoms with E-state index in [2.05, 4.69) is 0 Å². The molecule has 0 bridgehead atoms. The number of halogens is 1. The molecule has 1 heterocycles. The first-order chi connectivity index (χ1) is 5.86. The zero-order chi connectivity index (χ0) is 8.39. The number of hydrogen-bond acceptors (Lipinski definition) is 1. The van der Waals surface area contributed by atoms with Crippen LogP contribution in [0, 0.1) is 5.82 Å². The molecule has 0 aliphatic carbocycles. The lowest BCUT2D eigenvalue weighted by Gasteiger charge is -2.03. The standard InChI is InChI=1S/C10H11FS/c11-9-4-5-10-8(7-9)3-1-2-6-12-10/h4-5,7H,1-3,6H2. The van der Waals surface area contributed by atoms with Gasteiger partial charge < -0.3 is 0 Å². The van der Waals surface area contributed by atoms with Gasteiger partial charge in [-0.3, -0.25) is 0 Å². The second-order valence-electron chi connectivity index (χ2n) is 3.06. The molecule has 0 spiro atoms. The van der Waals surface area contributed by atoms with Crippen LogP contribution in [0.25, 0.3) is 0 Å². The maximum absolute atomic E-state index is 12.8.